The molecule has 4 rings (SSSR count). The summed E-state index contributed by atoms with van der Waals surface area (Å²) in [4.78, 5) is 16.7. The molecule has 124 valence electrons. The van der Waals surface area contributed by atoms with Gasteiger partial charge in [-0.15, -0.1) is 0 Å². The van der Waals surface area contributed by atoms with E-state index in [-0.39, 0.29) is 12.7 Å². The average Bonchev–Trinajstić information content (AvgIpc) is 3.07. The predicted molar refractivity (Wildman–Crippen MR) is 96.7 cm³/mol. The minimum atomic E-state index is -0.203. The summed E-state index contributed by atoms with van der Waals surface area (Å²) in [5.41, 5.74) is 3.41. The lowest BCUT2D eigenvalue weighted by Gasteiger charge is -2.07. The highest BCUT2D eigenvalue weighted by atomic mass is 16.7. The third-order valence-corrected chi connectivity index (χ3v) is 3.95. The molecule has 5 nitrogen and oxygen atoms in total. The number of nitrogens with one attached hydrogen (secondary N) is 1. The average molecular weight is 332 g/mol. The number of fused-ring (bicyclic) bond motifs is 2. The second-order valence-corrected chi connectivity index (χ2v) is 5.76. The normalized spacial score (nSPS) is 12.7. The monoisotopic (exact) mass is 332 g/mol. The maximum atomic E-state index is 12.3. The number of hydrogen-bond donors (Lipinski definition) is 1. The van der Waals surface area contributed by atoms with E-state index in [4.69, 9.17) is 9.47 Å². The molecule has 25 heavy (non-hydrogen) atoms. The smallest absolute Gasteiger partial charge is 0.248 e. The number of nitrogens with zero attached hydrogens (tertiary/aromatic N) is 1. The zero-order valence-electron chi connectivity index (χ0n) is 13.7. The van der Waals surface area contributed by atoms with Gasteiger partial charge in [0, 0.05) is 17.2 Å². The Balaban J connectivity index is 1.52. The predicted octanol–water partition coefficient (Wildman–Crippen LogP) is 3.92. The number of aromatic nitrogens is 1. The second-order valence-electron chi connectivity index (χ2n) is 5.76. The van der Waals surface area contributed by atoms with E-state index in [1.165, 1.54) is 6.08 Å². The molecule has 2 heterocycles. The van der Waals surface area contributed by atoms with Crippen LogP contribution in [0.5, 0.6) is 11.5 Å². The number of amides is 1. The molecule has 0 spiro atoms. The fourth-order valence-electron chi connectivity index (χ4n) is 2.73. The van der Waals surface area contributed by atoms with Crippen LogP contribution in [0.15, 0.2) is 54.6 Å². The molecule has 0 saturated heterocycles. The Hall–Kier alpha value is -3.34. The summed E-state index contributed by atoms with van der Waals surface area (Å²) in [6.07, 6.45) is 3.24. The van der Waals surface area contributed by atoms with Crippen LogP contribution in [0.1, 0.15) is 11.3 Å². The molecule has 0 unspecified atom stereocenters. The fourth-order valence-corrected chi connectivity index (χ4v) is 2.73. The van der Waals surface area contributed by atoms with Crippen LogP contribution < -0.4 is 14.8 Å². The van der Waals surface area contributed by atoms with Crippen LogP contribution in [0.3, 0.4) is 0 Å². The van der Waals surface area contributed by atoms with E-state index in [0.29, 0.717) is 5.75 Å². The highest BCUT2D eigenvalue weighted by Crippen LogP contribution is 2.32. The minimum absolute atomic E-state index is 0.203. The van der Waals surface area contributed by atoms with Gasteiger partial charge in [0.1, 0.15) is 0 Å². The molecule has 5 heteroatoms. The molecular formula is C20H16N2O3. The lowest BCUT2D eigenvalue weighted by Crippen LogP contribution is -2.08. The number of carbonyl (C=O) groups is 1. The summed E-state index contributed by atoms with van der Waals surface area (Å²) in [5, 5.41) is 3.82. The second kappa shape index (κ2) is 6.28. The minimum Gasteiger partial charge on any atom is -0.454 e. The van der Waals surface area contributed by atoms with Crippen LogP contribution in [0.4, 0.5) is 5.69 Å². The molecule has 1 amide bonds. The van der Waals surface area contributed by atoms with Crippen molar-refractivity contribution in [2.75, 3.05) is 12.1 Å². The van der Waals surface area contributed by atoms with E-state index in [0.717, 1.165) is 33.6 Å². The van der Waals surface area contributed by atoms with Crippen molar-refractivity contribution in [1.29, 1.82) is 0 Å². The van der Waals surface area contributed by atoms with Crippen molar-refractivity contribution in [2.24, 2.45) is 0 Å². The van der Waals surface area contributed by atoms with Gasteiger partial charge in [-0.1, -0.05) is 12.1 Å². The Morgan fingerprint density at radius 3 is 2.92 bits per heavy atom. The molecule has 0 saturated carbocycles. The first-order chi connectivity index (χ1) is 12.2. The Morgan fingerprint density at radius 1 is 1.12 bits per heavy atom. The molecular weight excluding hydrogens is 316 g/mol. The SMILES string of the molecule is Cc1ccc2c(NC(=O)C=Cc3ccc4c(c3)OCO4)cccc2n1. The summed E-state index contributed by atoms with van der Waals surface area (Å²) >= 11 is 0. The van der Waals surface area contributed by atoms with Crippen LogP contribution in [0.25, 0.3) is 17.0 Å². The third-order valence-electron chi connectivity index (χ3n) is 3.95. The van der Waals surface area contributed by atoms with Crippen LogP contribution in [0.2, 0.25) is 0 Å². The molecule has 2 aromatic carbocycles. The van der Waals surface area contributed by atoms with Crippen LogP contribution >= 0.6 is 0 Å². The molecule has 0 fully saturated rings. The maximum Gasteiger partial charge on any atom is 0.248 e. The lowest BCUT2D eigenvalue weighted by molar-refractivity contribution is -0.111. The summed E-state index contributed by atoms with van der Waals surface area (Å²) in [6.45, 7) is 2.18. The first kappa shape index (κ1) is 15.2. The Labute approximate surface area is 144 Å². The first-order valence-corrected chi connectivity index (χ1v) is 7.94. The molecule has 1 aliphatic heterocycles. The van der Waals surface area contributed by atoms with Gasteiger partial charge in [-0.2, -0.15) is 0 Å². The van der Waals surface area contributed by atoms with E-state index >= 15 is 0 Å². The van der Waals surface area contributed by atoms with Gasteiger partial charge in [-0.05, 0) is 55.0 Å². The van der Waals surface area contributed by atoms with Crippen LogP contribution in [-0.4, -0.2) is 17.7 Å². The van der Waals surface area contributed by atoms with Crippen molar-refractivity contribution in [3.63, 3.8) is 0 Å². The highest BCUT2D eigenvalue weighted by Gasteiger charge is 2.12. The number of ether oxygens (including phenoxy) is 2. The number of pyridine rings is 1. The van der Waals surface area contributed by atoms with Crippen molar-refractivity contribution >= 4 is 28.6 Å². The quantitative estimate of drug-likeness (QED) is 0.739. The van der Waals surface area contributed by atoms with E-state index in [9.17, 15) is 4.79 Å². The Bertz CT molecular complexity index is 995. The highest BCUT2D eigenvalue weighted by molar-refractivity contribution is 6.07. The largest absolute Gasteiger partial charge is 0.454 e. The number of anilines is 1. The number of benzene rings is 2. The Kier molecular flexibility index (Phi) is 3.82. The van der Waals surface area contributed by atoms with Gasteiger partial charge in [-0.3, -0.25) is 9.78 Å². The molecule has 0 aliphatic carbocycles. The van der Waals surface area contributed by atoms with Crippen molar-refractivity contribution in [3.8, 4) is 11.5 Å². The summed E-state index contributed by atoms with van der Waals surface area (Å²) in [5.74, 6) is 1.21. The van der Waals surface area contributed by atoms with Crippen LogP contribution in [-0.2, 0) is 4.79 Å². The first-order valence-electron chi connectivity index (χ1n) is 7.94. The number of hydrogen-bond acceptors (Lipinski definition) is 4. The van der Waals surface area contributed by atoms with Gasteiger partial charge in [0.25, 0.3) is 0 Å². The van der Waals surface area contributed by atoms with Crippen LogP contribution in [0, 0.1) is 6.92 Å². The third kappa shape index (κ3) is 3.17. The molecule has 1 aromatic heterocycles. The zero-order valence-corrected chi connectivity index (χ0v) is 13.7. The standard InChI is InChI=1S/C20H16N2O3/c1-13-5-8-15-16(21-13)3-2-4-17(15)22-20(23)10-7-14-6-9-18-19(11-14)25-12-24-18/h2-11H,12H2,1H3,(H,22,23). The molecule has 3 aromatic rings. The molecule has 1 aliphatic rings. The van der Waals surface area contributed by atoms with Crippen molar-refractivity contribution in [1.82, 2.24) is 4.98 Å². The van der Waals surface area contributed by atoms with Gasteiger partial charge in [0.05, 0.1) is 11.2 Å². The van der Waals surface area contributed by atoms with Gasteiger partial charge in [-0.25, -0.2) is 0 Å². The molecule has 0 atom stereocenters. The molecule has 0 bridgehead atoms. The Morgan fingerprint density at radius 2 is 2.00 bits per heavy atom. The van der Waals surface area contributed by atoms with Gasteiger partial charge in [0.15, 0.2) is 11.5 Å². The summed E-state index contributed by atoms with van der Waals surface area (Å²) in [6, 6.07) is 15.1. The van der Waals surface area contributed by atoms with E-state index in [2.05, 4.69) is 10.3 Å². The zero-order chi connectivity index (χ0) is 17.2. The van der Waals surface area contributed by atoms with E-state index < -0.39 is 0 Å². The summed E-state index contributed by atoms with van der Waals surface area (Å²) < 4.78 is 10.6. The van der Waals surface area contributed by atoms with Crippen molar-refractivity contribution in [3.05, 3.63) is 65.9 Å². The van der Waals surface area contributed by atoms with Crippen molar-refractivity contribution < 1.29 is 14.3 Å². The number of aryl methyl sites for hydroxylation is 1. The lowest BCUT2D eigenvalue weighted by atomic mass is 10.1. The summed E-state index contributed by atoms with van der Waals surface area (Å²) in [7, 11) is 0. The fraction of sp³-hybridized carbons (Fsp3) is 0.100. The topological polar surface area (TPSA) is 60.5 Å². The van der Waals surface area contributed by atoms with E-state index in [1.807, 2.05) is 55.5 Å². The molecule has 1 N–H and O–H groups in total. The number of rotatable bonds is 3. The maximum absolute atomic E-state index is 12.3. The van der Waals surface area contributed by atoms with Gasteiger partial charge < -0.3 is 14.8 Å². The van der Waals surface area contributed by atoms with E-state index in [1.54, 1.807) is 6.08 Å². The van der Waals surface area contributed by atoms with Crippen molar-refractivity contribution in [2.45, 2.75) is 6.92 Å². The number of carbonyl (C=O) groups excluding carboxylic acids is 1. The molecule has 0 radical (unpaired) electrons. The van der Waals surface area contributed by atoms with Gasteiger partial charge >= 0.3 is 0 Å². The van der Waals surface area contributed by atoms with Gasteiger partial charge in [0.2, 0.25) is 12.7 Å².